The second-order valence-electron chi connectivity index (χ2n) is 3.72. The Morgan fingerprint density at radius 3 is 2.67 bits per heavy atom. The number of hydrogen-bond acceptors (Lipinski definition) is 3. The average Bonchev–Trinajstić information content (AvgIpc) is 2.63. The van der Waals surface area contributed by atoms with Crippen LogP contribution >= 0.6 is 0 Å². The lowest BCUT2D eigenvalue weighted by molar-refractivity contribution is 0.122. The maximum atomic E-state index is 12.6. The molecule has 0 radical (unpaired) electrons. The minimum Gasteiger partial charge on any atom is -0.389 e. The standard InChI is InChI=1S/C11H14FNO2/c12-9-3-1-8(2-4-9)5-13-10-6-15-7-11(10)14/h1-4,10-11,13-14H,5-7H2. The number of ether oxygens (including phenoxy) is 1. The van der Waals surface area contributed by atoms with Crippen LogP contribution in [0.25, 0.3) is 0 Å². The lowest BCUT2D eigenvalue weighted by Gasteiger charge is -2.14. The van der Waals surface area contributed by atoms with Gasteiger partial charge < -0.3 is 15.2 Å². The zero-order valence-electron chi connectivity index (χ0n) is 8.32. The van der Waals surface area contributed by atoms with E-state index in [-0.39, 0.29) is 11.9 Å². The molecule has 0 aliphatic carbocycles. The van der Waals surface area contributed by atoms with Crippen LogP contribution in [0.4, 0.5) is 4.39 Å². The van der Waals surface area contributed by atoms with Gasteiger partial charge in [-0.3, -0.25) is 0 Å². The maximum Gasteiger partial charge on any atom is 0.123 e. The highest BCUT2D eigenvalue weighted by Crippen LogP contribution is 2.07. The third kappa shape index (κ3) is 2.75. The van der Waals surface area contributed by atoms with E-state index < -0.39 is 6.10 Å². The van der Waals surface area contributed by atoms with E-state index in [9.17, 15) is 9.50 Å². The Bertz CT molecular complexity index is 315. The Morgan fingerprint density at radius 2 is 2.07 bits per heavy atom. The summed E-state index contributed by atoms with van der Waals surface area (Å²) in [5.74, 6) is -0.233. The predicted octanol–water partition coefficient (Wildman–Crippen LogP) is 0.675. The first-order valence-corrected chi connectivity index (χ1v) is 4.99. The van der Waals surface area contributed by atoms with Crippen molar-refractivity contribution in [2.45, 2.75) is 18.7 Å². The Kier molecular flexibility index (Phi) is 3.30. The largest absolute Gasteiger partial charge is 0.389 e. The van der Waals surface area contributed by atoms with Crippen molar-refractivity contribution in [3.05, 3.63) is 35.6 Å². The van der Waals surface area contributed by atoms with Crippen LogP contribution in [0, 0.1) is 5.82 Å². The summed E-state index contributed by atoms with van der Waals surface area (Å²) in [5.41, 5.74) is 0.996. The molecule has 3 nitrogen and oxygen atoms in total. The second kappa shape index (κ2) is 4.70. The zero-order valence-corrected chi connectivity index (χ0v) is 8.32. The highest BCUT2D eigenvalue weighted by atomic mass is 19.1. The van der Waals surface area contributed by atoms with Crippen molar-refractivity contribution in [1.82, 2.24) is 5.32 Å². The van der Waals surface area contributed by atoms with Gasteiger partial charge >= 0.3 is 0 Å². The number of aliphatic hydroxyl groups excluding tert-OH is 1. The highest BCUT2D eigenvalue weighted by Gasteiger charge is 2.25. The third-order valence-corrected chi connectivity index (χ3v) is 2.53. The molecule has 0 spiro atoms. The molecule has 15 heavy (non-hydrogen) atoms. The fourth-order valence-corrected chi connectivity index (χ4v) is 1.59. The van der Waals surface area contributed by atoms with Gasteiger partial charge in [0.2, 0.25) is 0 Å². The van der Waals surface area contributed by atoms with Crippen LogP contribution in [-0.4, -0.2) is 30.5 Å². The topological polar surface area (TPSA) is 41.5 Å². The van der Waals surface area contributed by atoms with Crippen molar-refractivity contribution < 1.29 is 14.2 Å². The Labute approximate surface area is 87.9 Å². The molecule has 1 aliphatic rings. The molecule has 1 fully saturated rings. The van der Waals surface area contributed by atoms with Crippen molar-refractivity contribution in [3.63, 3.8) is 0 Å². The summed E-state index contributed by atoms with van der Waals surface area (Å²) in [6, 6.07) is 6.29. The number of rotatable bonds is 3. The third-order valence-electron chi connectivity index (χ3n) is 2.53. The van der Waals surface area contributed by atoms with Gasteiger partial charge in [0.25, 0.3) is 0 Å². The van der Waals surface area contributed by atoms with E-state index >= 15 is 0 Å². The molecule has 1 heterocycles. The quantitative estimate of drug-likeness (QED) is 0.772. The molecule has 0 saturated carbocycles. The minimum atomic E-state index is -0.439. The van der Waals surface area contributed by atoms with Gasteiger partial charge in [-0.05, 0) is 17.7 Å². The van der Waals surface area contributed by atoms with Crippen molar-refractivity contribution in [1.29, 1.82) is 0 Å². The van der Waals surface area contributed by atoms with Crippen LogP contribution in [0.5, 0.6) is 0 Å². The molecule has 1 saturated heterocycles. The lowest BCUT2D eigenvalue weighted by Crippen LogP contribution is -2.38. The summed E-state index contributed by atoms with van der Waals surface area (Å²) in [4.78, 5) is 0. The van der Waals surface area contributed by atoms with Crippen LogP contribution < -0.4 is 5.32 Å². The van der Waals surface area contributed by atoms with Crippen molar-refractivity contribution in [2.24, 2.45) is 0 Å². The first-order valence-electron chi connectivity index (χ1n) is 4.99. The fourth-order valence-electron chi connectivity index (χ4n) is 1.59. The summed E-state index contributed by atoms with van der Waals surface area (Å²) >= 11 is 0. The molecule has 1 aromatic carbocycles. The molecule has 1 aliphatic heterocycles. The van der Waals surface area contributed by atoms with Crippen LogP contribution in [0.2, 0.25) is 0 Å². The summed E-state index contributed by atoms with van der Waals surface area (Å²) in [6.07, 6.45) is -0.439. The molecule has 1 aromatic rings. The fraction of sp³-hybridized carbons (Fsp3) is 0.455. The van der Waals surface area contributed by atoms with E-state index in [2.05, 4.69) is 5.32 Å². The lowest BCUT2D eigenvalue weighted by atomic mass is 10.2. The van der Waals surface area contributed by atoms with E-state index in [4.69, 9.17) is 4.74 Å². The Morgan fingerprint density at radius 1 is 1.33 bits per heavy atom. The molecule has 2 unspecified atom stereocenters. The molecule has 2 rings (SSSR count). The van der Waals surface area contributed by atoms with E-state index in [0.717, 1.165) is 5.56 Å². The van der Waals surface area contributed by atoms with Gasteiger partial charge in [-0.25, -0.2) is 4.39 Å². The van der Waals surface area contributed by atoms with E-state index in [1.807, 2.05) is 0 Å². The molecule has 0 amide bonds. The van der Waals surface area contributed by atoms with E-state index in [1.165, 1.54) is 12.1 Å². The summed E-state index contributed by atoms with van der Waals surface area (Å²) in [6.45, 7) is 1.54. The minimum absolute atomic E-state index is 0.0185. The van der Waals surface area contributed by atoms with Crippen molar-refractivity contribution in [2.75, 3.05) is 13.2 Å². The van der Waals surface area contributed by atoms with Gasteiger partial charge in [-0.15, -0.1) is 0 Å². The Balaban J connectivity index is 1.85. The molecule has 0 aromatic heterocycles. The molecule has 82 valence electrons. The molecule has 0 bridgehead atoms. The molecule has 2 atom stereocenters. The second-order valence-corrected chi connectivity index (χ2v) is 3.72. The van der Waals surface area contributed by atoms with Gasteiger partial charge in [0.1, 0.15) is 5.82 Å². The van der Waals surface area contributed by atoms with E-state index in [0.29, 0.717) is 19.8 Å². The van der Waals surface area contributed by atoms with Gasteiger partial charge in [0.05, 0.1) is 25.4 Å². The molecular weight excluding hydrogens is 197 g/mol. The van der Waals surface area contributed by atoms with Crippen molar-refractivity contribution in [3.8, 4) is 0 Å². The monoisotopic (exact) mass is 211 g/mol. The molecule has 4 heteroatoms. The first-order chi connectivity index (χ1) is 7.25. The number of hydrogen-bond donors (Lipinski definition) is 2. The average molecular weight is 211 g/mol. The van der Waals surface area contributed by atoms with Gasteiger partial charge in [0.15, 0.2) is 0 Å². The van der Waals surface area contributed by atoms with Gasteiger partial charge in [0, 0.05) is 6.54 Å². The van der Waals surface area contributed by atoms with Gasteiger partial charge in [-0.2, -0.15) is 0 Å². The zero-order chi connectivity index (χ0) is 10.7. The summed E-state index contributed by atoms with van der Waals surface area (Å²) in [7, 11) is 0. The highest BCUT2D eigenvalue weighted by molar-refractivity contribution is 5.15. The number of benzene rings is 1. The van der Waals surface area contributed by atoms with Crippen LogP contribution in [0.3, 0.4) is 0 Å². The van der Waals surface area contributed by atoms with E-state index in [1.54, 1.807) is 12.1 Å². The Hall–Kier alpha value is -0.970. The smallest absolute Gasteiger partial charge is 0.123 e. The molecular formula is C11H14FNO2. The van der Waals surface area contributed by atoms with Crippen molar-refractivity contribution >= 4 is 0 Å². The van der Waals surface area contributed by atoms with Crippen LogP contribution in [0.1, 0.15) is 5.56 Å². The van der Waals surface area contributed by atoms with Crippen LogP contribution in [-0.2, 0) is 11.3 Å². The summed E-state index contributed by atoms with van der Waals surface area (Å²) in [5, 5.41) is 12.6. The number of nitrogens with one attached hydrogen (secondary N) is 1. The predicted molar refractivity (Wildman–Crippen MR) is 53.9 cm³/mol. The first kappa shape index (κ1) is 10.5. The number of aliphatic hydroxyl groups is 1. The molecule has 2 N–H and O–H groups in total. The van der Waals surface area contributed by atoms with Gasteiger partial charge in [-0.1, -0.05) is 12.1 Å². The number of halogens is 1. The summed E-state index contributed by atoms with van der Waals surface area (Å²) < 4.78 is 17.7. The van der Waals surface area contributed by atoms with Crippen LogP contribution in [0.15, 0.2) is 24.3 Å². The normalized spacial score (nSPS) is 25.7. The SMILES string of the molecule is OC1COCC1NCc1ccc(F)cc1. The maximum absolute atomic E-state index is 12.6.